The molecule has 2 N–H and O–H groups in total. The van der Waals surface area contributed by atoms with Crippen LogP contribution in [0, 0.1) is 20.2 Å². The summed E-state index contributed by atoms with van der Waals surface area (Å²) in [5.41, 5.74) is -1.05. The molecule has 1 heterocycles. The van der Waals surface area contributed by atoms with Crippen molar-refractivity contribution >= 4 is 46.3 Å². The number of carbonyl (C=O) groups is 1. The predicted octanol–water partition coefficient (Wildman–Crippen LogP) is 2.79. The zero-order valence-electron chi connectivity index (χ0n) is 10.4. The first-order valence-electron chi connectivity index (χ1n) is 5.44. The third-order valence-corrected chi connectivity index (χ3v) is 3.08. The van der Waals surface area contributed by atoms with Gasteiger partial charge in [-0.15, -0.1) is 5.10 Å². The predicted molar refractivity (Wildman–Crippen MR) is 76.3 cm³/mol. The van der Waals surface area contributed by atoms with Crippen LogP contribution in [0.1, 0.15) is 10.5 Å². The van der Waals surface area contributed by atoms with Gasteiger partial charge in [-0.3, -0.25) is 14.9 Å². The van der Waals surface area contributed by atoms with E-state index in [1.807, 2.05) is 5.10 Å². The van der Waals surface area contributed by atoms with Gasteiger partial charge >= 0.3 is 5.82 Å². The van der Waals surface area contributed by atoms with E-state index >= 15 is 0 Å². The first kappa shape index (κ1) is 15.7. The Morgan fingerprint density at radius 3 is 2.45 bits per heavy atom. The number of benzene rings is 1. The lowest BCUT2D eigenvalue weighted by Crippen LogP contribution is -2.14. The number of halogens is 2. The van der Waals surface area contributed by atoms with Crippen LogP contribution in [0.3, 0.4) is 0 Å². The number of amides is 1. The van der Waals surface area contributed by atoms with E-state index in [9.17, 15) is 25.0 Å². The minimum Gasteiger partial charge on any atom is -0.358 e. The van der Waals surface area contributed by atoms with Crippen LogP contribution >= 0.6 is 23.2 Å². The van der Waals surface area contributed by atoms with Crippen LogP contribution in [-0.4, -0.2) is 26.0 Å². The molecule has 0 fully saturated rings. The van der Waals surface area contributed by atoms with E-state index in [-0.39, 0.29) is 10.7 Å². The molecule has 1 amide bonds. The second kappa shape index (κ2) is 5.95. The van der Waals surface area contributed by atoms with Crippen molar-refractivity contribution in [2.75, 3.05) is 5.32 Å². The average molecular weight is 346 g/mol. The van der Waals surface area contributed by atoms with E-state index in [1.165, 1.54) is 12.1 Å². The molecule has 114 valence electrons. The molecular weight excluding hydrogens is 341 g/mol. The van der Waals surface area contributed by atoms with Gasteiger partial charge in [-0.05, 0) is 17.1 Å². The zero-order chi connectivity index (χ0) is 16.4. The number of aromatic nitrogens is 2. The molecule has 0 bridgehead atoms. The summed E-state index contributed by atoms with van der Waals surface area (Å²) in [6, 6.07) is 3.60. The molecule has 0 radical (unpaired) electrons. The summed E-state index contributed by atoms with van der Waals surface area (Å²) >= 11 is 11.3. The molecule has 0 atom stereocenters. The minimum atomic E-state index is -0.945. The van der Waals surface area contributed by atoms with Gasteiger partial charge in [-0.1, -0.05) is 28.3 Å². The summed E-state index contributed by atoms with van der Waals surface area (Å²) in [7, 11) is 0. The summed E-state index contributed by atoms with van der Waals surface area (Å²) < 4.78 is 0. The SMILES string of the molecule is O=C(Nc1ccc(Cl)cc1[N+](=O)[O-])c1n[nH]c([N+](=O)[O-])c1Cl. The summed E-state index contributed by atoms with van der Waals surface area (Å²) in [5.74, 6) is -1.60. The lowest BCUT2D eigenvalue weighted by atomic mass is 10.2. The van der Waals surface area contributed by atoms with Gasteiger partial charge in [0.2, 0.25) is 0 Å². The van der Waals surface area contributed by atoms with Crippen LogP contribution in [0.5, 0.6) is 0 Å². The van der Waals surface area contributed by atoms with E-state index < -0.39 is 38.0 Å². The molecule has 0 aliphatic heterocycles. The molecule has 0 aliphatic carbocycles. The van der Waals surface area contributed by atoms with E-state index in [0.29, 0.717) is 0 Å². The fourth-order valence-electron chi connectivity index (χ4n) is 1.53. The highest BCUT2D eigenvalue weighted by molar-refractivity contribution is 6.36. The maximum atomic E-state index is 12.0. The highest BCUT2D eigenvalue weighted by atomic mass is 35.5. The van der Waals surface area contributed by atoms with Crippen LogP contribution in [0.25, 0.3) is 0 Å². The van der Waals surface area contributed by atoms with Gasteiger partial charge in [0.1, 0.15) is 5.69 Å². The van der Waals surface area contributed by atoms with Crippen molar-refractivity contribution in [1.29, 1.82) is 0 Å². The van der Waals surface area contributed by atoms with Crippen molar-refractivity contribution in [3.8, 4) is 0 Å². The monoisotopic (exact) mass is 345 g/mol. The minimum absolute atomic E-state index is 0.109. The fourth-order valence-corrected chi connectivity index (χ4v) is 1.94. The van der Waals surface area contributed by atoms with Crippen LogP contribution in [0.4, 0.5) is 17.2 Å². The number of nitro benzene ring substituents is 1. The molecule has 0 unspecified atom stereocenters. The molecule has 1 aromatic heterocycles. The Bertz CT molecular complexity index is 790. The number of hydrogen-bond donors (Lipinski definition) is 2. The largest absolute Gasteiger partial charge is 0.362 e. The molecule has 2 aromatic rings. The second-order valence-electron chi connectivity index (χ2n) is 3.86. The van der Waals surface area contributed by atoms with Crippen molar-refractivity contribution in [3.05, 3.63) is 54.2 Å². The fraction of sp³-hybridized carbons (Fsp3) is 0. The molecule has 0 spiro atoms. The lowest BCUT2D eigenvalue weighted by molar-refractivity contribution is -0.389. The third kappa shape index (κ3) is 2.97. The summed E-state index contributed by atoms with van der Waals surface area (Å²) in [4.78, 5) is 31.9. The number of hydrogen-bond acceptors (Lipinski definition) is 6. The molecule has 0 saturated carbocycles. The first-order chi connectivity index (χ1) is 10.3. The number of anilines is 1. The van der Waals surface area contributed by atoms with Crippen molar-refractivity contribution in [3.63, 3.8) is 0 Å². The van der Waals surface area contributed by atoms with Crippen molar-refractivity contribution in [1.82, 2.24) is 10.2 Å². The number of aromatic amines is 1. The lowest BCUT2D eigenvalue weighted by Gasteiger charge is -2.04. The normalized spacial score (nSPS) is 10.3. The molecule has 0 aliphatic rings. The molecule has 22 heavy (non-hydrogen) atoms. The van der Waals surface area contributed by atoms with Crippen molar-refractivity contribution in [2.24, 2.45) is 0 Å². The van der Waals surface area contributed by atoms with E-state index in [0.717, 1.165) is 6.07 Å². The highest BCUT2D eigenvalue weighted by Gasteiger charge is 2.26. The summed E-state index contributed by atoms with van der Waals surface area (Å²) in [6.45, 7) is 0. The number of nitrogens with zero attached hydrogens (tertiary/aromatic N) is 3. The van der Waals surface area contributed by atoms with Gasteiger partial charge < -0.3 is 15.4 Å². The van der Waals surface area contributed by atoms with Gasteiger partial charge in [0.05, 0.1) is 4.92 Å². The van der Waals surface area contributed by atoms with Crippen LogP contribution in [0.15, 0.2) is 18.2 Å². The molecule has 2 rings (SSSR count). The summed E-state index contributed by atoms with van der Waals surface area (Å²) in [6.07, 6.45) is 0. The zero-order valence-corrected chi connectivity index (χ0v) is 11.9. The van der Waals surface area contributed by atoms with Gasteiger partial charge in [-0.2, -0.15) is 0 Å². The average Bonchev–Trinajstić information content (AvgIpc) is 2.82. The van der Waals surface area contributed by atoms with Gasteiger partial charge in [0.25, 0.3) is 11.6 Å². The Balaban J connectivity index is 2.34. The van der Waals surface area contributed by atoms with Gasteiger partial charge in [-0.25, -0.2) is 0 Å². The van der Waals surface area contributed by atoms with E-state index in [4.69, 9.17) is 23.2 Å². The molecular formula is C10H5Cl2N5O5. The number of nitro groups is 2. The van der Waals surface area contributed by atoms with Crippen LogP contribution < -0.4 is 5.32 Å². The van der Waals surface area contributed by atoms with Crippen molar-refractivity contribution in [2.45, 2.75) is 0 Å². The third-order valence-electron chi connectivity index (χ3n) is 2.49. The Hall–Kier alpha value is -2.72. The van der Waals surface area contributed by atoms with Crippen molar-refractivity contribution < 1.29 is 14.6 Å². The quantitative estimate of drug-likeness (QED) is 0.643. The second-order valence-corrected chi connectivity index (χ2v) is 4.68. The molecule has 0 saturated heterocycles. The Kier molecular flexibility index (Phi) is 4.24. The Morgan fingerprint density at radius 2 is 1.91 bits per heavy atom. The summed E-state index contributed by atoms with van der Waals surface area (Å²) in [5, 5.41) is 28.7. The number of H-pyrrole nitrogens is 1. The Labute approximate surface area is 131 Å². The number of nitrogens with one attached hydrogen (secondary N) is 2. The van der Waals surface area contributed by atoms with E-state index in [1.54, 1.807) is 0 Å². The van der Waals surface area contributed by atoms with E-state index in [2.05, 4.69) is 10.4 Å². The van der Waals surface area contributed by atoms with Gasteiger partial charge in [0.15, 0.2) is 10.7 Å². The van der Waals surface area contributed by atoms with Crippen LogP contribution in [0.2, 0.25) is 10.0 Å². The molecule has 10 nitrogen and oxygen atoms in total. The standard InChI is InChI=1S/C10H5Cl2N5O5/c11-4-1-2-5(6(3-4)16(19)20)13-10(18)8-7(12)9(15-14-8)17(21)22/h1-3H,(H,13,18)(H,14,15). The highest BCUT2D eigenvalue weighted by Crippen LogP contribution is 2.30. The number of carbonyl (C=O) groups excluding carboxylic acids is 1. The smallest absolute Gasteiger partial charge is 0.358 e. The maximum absolute atomic E-state index is 12.0. The topological polar surface area (TPSA) is 144 Å². The molecule has 12 heteroatoms. The molecule has 1 aromatic carbocycles. The van der Waals surface area contributed by atoms with Gasteiger partial charge in [0, 0.05) is 11.1 Å². The maximum Gasteiger partial charge on any atom is 0.362 e. The number of rotatable bonds is 4. The van der Waals surface area contributed by atoms with Crippen LogP contribution in [-0.2, 0) is 0 Å². The first-order valence-corrected chi connectivity index (χ1v) is 6.20. The Morgan fingerprint density at radius 1 is 1.23 bits per heavy atom.